The van der Waals surface area contributed by atoms with Gasteiger partial charge in [-0.05, 0) is 12.1 Å². The molecular formula is C12H10ClN5. The summed E-state index contributed by atoms with van der Waals surface area (Å²) in [6.45, 7) is 0. The zero-order valence-corrected chi connectivity index (χ0v) is 10.4. The van der Waals surface area contributed by atoms with E-state index < -0.39 is 0 Å². The lowest BCUT2D eigenvalue weighted by molar-refractivity contribution is 1.12. The van der Waals surface area contributed by atoms with Crippen LogP contribution in [-0.2, 0) is 0 Å². The van der Waals surface area contributed by atoms with Crippen molar-refractivity contribution in [3.63, 3.8) is 0 Å². The Morgan fingerprint density at radius 1 is 1.22 bits per heavy atom. The van der Waals surface area contributed by atoms with Gasteiger partial charge in [0, 0.05) is 13.2 Å². The predicted octanol–water partition coefficient (Wildman–Crippen LogP) is 2.49. The highest BCUT2D eigenvalue weighted by molar-refractivity contribution is 6.32. The number of hydrogen-bond donors (Lipinski definition) is 1. The molecule has 0 saturated heterocycles. The Kier molecular flexibility index (Phi) is 2.60. The van der Waals surface area contributed by atoms with Crippen LogP contribution < -0.4 is 5.32 Å². The molecule has 0 atom stereocenters. The summed E-state index contributed by atoms with van der Waals surface area (Å²) < 4.78 is 1.94. The molecule has 3 aromatic heterocycles. The molecular weight excluding hydrogens is 250 g/mol. The minimum atomic E-state index is 0.500. The summed E-state index contributed by atoms with van der Waals surface area (Å²) in [6.07, 6.45) is 5.26. The number of nitrogens with one attached hydrogen (secondary N) is 1. The molecule has 0 spiro atoms. The molecule has 18 heavy (non-hydrogen) atoms. The lowest BCUT2D eigenvalue weighted by Crippen LogP contribution is -1.99. The number of imidazole rings is 1. The van der Waals surface area contributed by atoms with E-state index in [9.17, 15) is 0 Å². The zero-order chi connectivity index (χ0) is 12.5. The summed E-state index contributed by atoms with van der Waals surface area (Å²) in [7, 11) is 1.77. The fraction of sp³-hybridized carbons (Fsp3) is 0.0833. The normalized spacial score (nSPS) is 10.8. The standard InChI is InChI=1S/C12H10ClN5/c1-14-12-16-6-8(13)11(17-12)9-7-15-10-4-2-3-5-18(9)10/h2-7H,1H3,(H,14,16,17). The van der Waals surface area contributed by atoms with Gasteiger partial charge in [-0.2, -0.15) is 0 Å². The molecule has 90 valence electrons. The van der Waals surface area contributed by atoms with Gasteiger partial charge in [0.2, 0.25) is 5.95 Å². The highest BCUT2D eigenvalue weighted by Crippen LogP contribution is 2.26. The average Bonchev–Trinajstić information content (AvgIpc) is 2.83. The van der Waals surface area contributed by atoms with Crippen LogP contribution in [0.3, 0.4) is 0 Å². The van der Waals surface area contributed by atoms with E-state index in [4.69, 9.17) is 11.6 Å². The monoisotopic (exact) mass is 259 g/mol. The minimum Gasteiger partial charge on any atom is -0.357 e. The molecule has 0 aliphatic carbocycles. The molecule has 6 heteroatoms. The minimum absolute atomic E-state index is 0.500. The Balaban J connectivity index is 2.25. The fourth-order valence-electron chi connectivity index (χ4n) is 1.77. The third-order valence-corrected chi connectivity index (χ3v) is 2.90. The number of halogens is 1. The quantitative estimate of drug-likeness (QED) is 0.768. The van der Waals surface area contributed by atoms with Crippen LogP contribution in [0.5, 0.6) is 0 Å². The van der Waals surface area contributed by atoms with Gasteiger partial charge in [-0.3, -0.25) is 4.40 Å². The molecule has 0 radical (unpaired) electrons. The van der Waals surface area contributed by atoms with Crippen LogP contribution in [0.15, 0.2) is 36.8 Å². The van der Waals surface area contributed by atoms with Crippen LogP contribution in [0.2, 0.25) is 5.02 Å². The summed E-state index contributed by atoms with van der Waals surface area (Å²) in [5, 5.41) is 3.39. The van der Waals surface area contributed by atoms with E-state index in [-0.39, 0.29) is 0 Å². The van der Waals surface area contributed by atoms with Crippen molar-refractivity contribution in [2.24, 2.45) is 0 Å². The second-order valence-electron chi connectivity index (χ2n) is 3.71. The van der Waals surface area contributed by atoms with Gasteiger partial charge in [0.1, 0.15) is 11.3 Å². The second-order valence-corrected chi connectivity index (χ2v) is 4.12. The first kappa shape index (κ1) is 11.0. The molecule has 0 aromatic carbocycles. The smallest absolute Gasteiger partial charge is 0.223 e. The number of aromatic nitrogens is 4. The molecule has 3 aromatic rings. The third kappa shape index (κ3) is 1.69. The summed E-state index contributed by atoms with van der Waals surface area (Å²) in [5.41, 5.74) is 2.36. The Bertz CT molecular complexity index is 707. The molecule has 0 bridgehead atoms. The van der Waals surface area contributed by atoms with E-state index in [0.717, 1.165) is 11.3 Å². The molecule has 1 N–H and O–H groups in total. The Morgan fingerprint density at radius 3 is 2.94 bits per heavy atom. The van der Waals surface area contributed by atoms with E-state index in [1.165, 1.54) is 0 Å². The maximum absolute atomic E-state index is 6.15. The van der Waals surface area contributed by atoms with Crippen molar-refractivity contribution in [2.75, 3.05) is 12.4 Å². The lowest BCUT2D eigenvalue weighted by Gasteiger charge is -2.05. The topological polar surface area (TPSA) is 55.1 Å². The summed E-state index contributed by atoms with van der Waals surface area (Å²) in [5.74, 6) is 0.528. The number of nitrogens with zero attached hydrogens (tertiary/aromatic N) is 4. The van der Waals surface area contributed by atoms with Crippen molar-refractivity contribution in [3.8, 4) is 11.4 Å². The highest BCUT2D eigenvalue weighted by Gasteiger charge is 2.12. The summed E-state index contributed by atoms with van der Waals surface area (Å²) in [4.78, 5) is 12.7. The van der Waals surface area contributed by atoms with Crippen LogP contribution in [-0.4, -0.2) is 26.4 Å². The largest absolute Gasteiger partial charge is 0.357 e. The number of rotatable bonds is 2. The lowest BCUT2D eigenvalue weighted by atomic mass is 10.3. The zero-order valence-electron chi connectivity index (χ0n) is 9.63. The SMILES string of the molecule is CNc1ncc(Cl)c(-c2cnc3ccccn23)n1. The van der Waals surface area contributed by atoms with Crippen LogP contribution in [0.4, 0.5) is 5.95 Å². The van der Waals surface area contributed by atoms with Crippen LogP contribution >= 0.6 is 11.6 Å². The van der Waals surface area contributed by atoms with Gasteiger partial charge in [0.05, 0.1) is 23.1 Å². The van der Waals surface area contributed by atoms with Gasteiger partial charge in [0.25, 0.3) is 0 Å². The van der Waals surface area contributed by atoms with E-state index >= 15 is 0 Å². The van der Waals surface area contributed by atoms with Crippen molar-refractivity contribution < 1.29 is 0 Å². The Labute approximate surface area is 108 Å². The van der Waals surface area contributed by atoms with Gasteiger partial charge in [-0.15, -0.1) is 0 Å². The van der Waals surface area contributed by atoms with E-state index in [1.54, 1.807) is 19.4 Å². The van der Waals surface area contributed by atoms with E-state index in [1.807, 2.05) is 28.8 Å². The molecule has 5 nitrogen and oxygen atoms in total. The fourth-order valence-corrected chi connectivity index (χ4v) is 1.96. The number of hydrogen-bond acceptors (Lipinski definition) is 4. The van der Waals surface area contributed by atoms with Gasteiger partial charge < -0.3 is 5.32 Å². The Hall–Kier alpha value is -2.14. The molecule has 0 unspecified atom stereocenters. The van der Waals surface area contributed by atoms with Crippen LogP contribution in [0.1, 0.15) is 0 Å². The summed E-state index contributed by atoms with van der Waals surface area (Å²) >= 11 is 6.15. The highest BCUT2D eigenvalue weighted by atomic mass is 35.5. The van der Waals surface area contributed by atoms with Crippen molar-refractivity contribution in [1.29, 1.82) is 0 Å². The molecule has 0 amide bonds. The van der Waals surface area contributed by atoms with Gasteiger partial charge in [0.15, 0.2) is 0 Å². The molecule has 3 rings (SSSR count). The number of pyridine rings is 1. The molecule has 0 aliphatic rings. The number of anilines is 1. The van der Waals surface area contributed by atoms with Crippen molar-refractivity contribution in [1.82, 2.24) is 19.4 Å². The first-order valence-corrected chi connectivity index (χ1v) is 5.80. The van der Waals surface area contributed by atoms with Gasteiger partial charge >= 0.3 is 0 Å². The van der Waals surface area contributed by atoms with Gasteiger partial charge in [-0.1, -0.05) is 17.7 Å². The van der Waals surface area contributed by atoms with Crippen molar-refractivity contribution >= 4 is 23.2 Å². The van der Waals surface area contributed by atoms with Crippen LogP contribution in [0, 0.1) is 0 Å². The van der Waals surface area contributed by atoms with E-state index in [0.29, 0.717) is 16.7 Å². The maximum Gasteiger partial charge on any atom is 0.223 e. The summed E-state index contributed by atoms with van der Waals surface area (Å²) in [6, 6.07) is 5.80. The molecule has 0 saturated carbocycles. The van der Waals surface area contributed by atoms with Gasteiger partial charge in [-0.25, -0.2) is 15.0 Å². The predicted molar refractivity (Wildman–Crippen MR) is 70.8 cm³/mol. The Morgan fingerprint density at radius 2 is 2.11 bits per heavy atom. The van der Waals surface area contributed by atoms with Crippen LogP contribution in [0.25, 0.3) is 17.0 Å². The van der Waals surface area contributed by atoms with E-state index in [2.05, 4.69) is 20.3 Å². The van der Waals surface area contributed by atoms with Crippen molar-refractivity contribution in [2.45, 2.75) is 0 Å². The average molecular weight is 260 g/mol. The first-order valence-electron chi connectivity index (χ1n) is 5.42. The number of fused-ring (bicyclic) bond motifs is 1. The maximum atomic E-state index is 6.15. The third-order valence-electron chi connectivity index (χ3n) is 2.63. The molecule has 3 heterocycles. The molecule has 0 fully saturated rings. The van der Waals surface area contributed by atoms with Crippen molar-refractivity contribution in [3.05, 3.63) is 41.8 Å². The second kappa shape index (κ2) is 4.27. The molecule has 0 aliphatic heterocycles. The first-order chi connectivity index (χ1) is 8.79.